The maximum absolute atomic E-state index is 4.32. The Morgan fingerprint density at radius 3 is 2.16 bits per heavy atom. The van der Waals surface area contributed by atoms with E-state index < -0.39 is 0 Å². The minimum absolute atomic E-state index is 0.959. The predicted octanol–water partition coefficient (Wildman–Crippen LogP) is 4.74. The Hall–Kier alpha value is -2.41. The third-order valence-electron chi connectivity index (χ3n) is 2.62. The van der Waals surface area contributed by atoms with Crippen LogP contribution < -0.4 is 0 Å². The van der Waals surface area contributed by atoms with Gasteiger partial charge in [0, 0.05) is 6.21 Å². The molecule has 0 bridgehead atoms. The fourth-order valence-electron chi connectivity index (χ4n) is 1.65. The lowest BCUT2D eigenvalue weighted by Gasteiger charge is -1.92. The summed E-state index contributed by atoms with van der Waals surface area (Å²) in [5, 5.41) is 0. The second kappa shape index (κ2) is 7.83. The van der Waals surface area contributed by atoms with Gasteiger partial charge in [0.05, 0.1) is 5.69 Å². The predicted molar refractivity (Wildman–Crippen MR) is 83.0 cm³/mol. The summed E-state index contributed by atoms with van der Waals surface area (Å²) in [5.74, 6) is 0. The Kier molecular flexibility index (Phi) is 5.37. The van der Waals surface area contributed by atoms with Crippen molar-refractivity contribution in [2.45, 2.75) is 6.42 Å². The molecule has 0 unspecified atom stereocenters. The number of para-hydroxylation sites is 1. The van der Waals surface area contributed by atoms with E-state index in [-0.39, 0.29) is 0 Å². The summed E-state index contributed by atoms with van der Waals surface area (Å²) in [6.07, 6.45) is 10.9. The fourth-order valence-corrected chi connectivity index (χ4v) is 1.65. The summed E-state index contributed by atoms with van der Waals surface area (Å²) in [6, 6.07) is 20.3. The minimum atomic E-state index is 0.959. The van der Waals surface area contributed by atoms with E-state index in [1.165, 1.54) is 5.56 Å². The first-order valence-corrected chi connectivity index (χ1v) is 6.40. The van der Waals surface area contributed by atoms with Gasteiger partial charge < -0.3 is 0 Å². The molecule has 0 spiro atoms. The fraction of sp³-hybridized carbons (Fsp3) is 0.0556. The molecule has 0 heterocycles. The minimum Gasteiger partial charge on any atom is -0.257 e. The normalized spacial score (nSPS) is 11.8. The second-order valence-corrected chi connectivity index (χ2v) is 4.12. The average molecular weight is 247 g/mol. The summed E-state index contributed by atoms with van der Waals surface area (Å²) in [4.78, 5) is 4.32. The summed E-state index contributed by atoms with van der Waals surface area (Å²) >= 11 is 0. The standard InChI is InChI=1S/C18H17N/c1(5-11-17-12-6-3-7-13-17)2-10-16-19-18-14-8-4-9-15-18/h1-10,12-16H,11H2/b5-1+,10-2+,19-16?. The van der Waals surface area contributed by atoms with Crippen LogP contribution in [0.25, 0.3) is 0 Å². The number of allylic oxidation sites excluding steroid dienone is 4. The molecule has 0 aliphatic rings. The summed E-state index contributed by atoms with van der Waals surface area (Å²) in [7, 11) is 0. The Morgan fingerprint density at radius 2 is 1.42 bits per heavy atom. The third kappa shape index (κ3) is 5.17. The molecule has 0 saturated heterocycles. The van der Waals surface area contributed by atoms with Crippen LogP contribution in [0, 0.1) is 0 Å². The molecule has 19 heavy (non-hydrogen) atoms. The molecule has 0 aliphatic carbocycles. The number of hydrogen-bond acceptors (Lipinski definition) is 1. The molecular formula is C18H17N. The second-order valence-electron chi connectivity index (χ2n) is 4.12. The maximum Gasteiger partial charge on any atom is 0.0629 e. The van der Waals surface area contributed by atoms with Gasteiger partial charge in [0.25, 0.3) is 0 Å². The van der Waals surface area contributed by atoms with E-state index in [4.69, 9.17) is 0 Å². The van der Waals surface area contributed by atoms with E-state index >= 15 is 0 Å². The Balaban J connectivity index is 1.76. The van der Waals surface area contributed by atoms with Crippen LogP contribution in [0.4, 0.5) is 5.69 Å². The monoisotopic (exact) mass is 247 g/mol. The van der Waals surface area contributed by atoms with Gasteiger partial charge in [-0.3, -0.25) is 4.99 Å². The van der Waals surface area contributed by atoms with Crippen molar-refractivity contribution in [1.82, 2.24) is 0 Å². The van der Waals surface area contributed by atoms with E-state index in [0.29, 0.717) is 0 Å². The van der Waals surface area contributed by atoms with Crippen LogP contribution in [0.3, 0.4) is 0 Å². The van der Waals surface area contributed by atoms with E-state index in [0.717, 1.165) is 12.1 Å². The van der Waals surface area contributed by atoms with Crippen molar-refractivity contribution in [3.8, 4) is 0 Å². The molecule has 0 N–H and O–H groups in total. The molecule has 2 aromatic rings. The quantitative estimate of drug-likeness (QED) is 0.534. The molecule has 0 aliphatic heterocycles. The van der Waals surface area contributed by atoms with Crippen molar-refractivity contribution in [2.75, 3.05) is 0 Å². The van der Waals surface area contributed by atoms with Crippen LogP contribution in [0.2, 0.25) is 0 Å². The molecule has 0 amide bonds. The van der Waals surface area contributed by atoms with E-state index in [1.807, 2.05) is 60.8 Å². The zero-order chi connectivity index (χ0) is 13.2. The molecule has 0 atom stereocenters. The molecule has 0 fully saturated rings. The van der Waals surface area contributed by atoms with Crippen LogP contribution in [0.5, 0.6) is 0 Å². The van der Waals surface area contributed by atoms with Crippen molar-refractivity contribution in [1.29, 1.82) is 0 Å². The smallest absolute Gasteiger partial charge is 0.0629 e. The van der Waals surface area contributed by atoms with Crippen LogP contribution in [-0.2, 0) is 6.42 Å². The van der Waals surface area contributed by atoms with Gasteiger partial charge in [-0.05, 0) is 30.2 Å². The molecule has 94 valence electrons. The molecule has 2 aromatic carbocycles. The van der Waals surface area contributed by atoms with Gasteiger partial charge in [-0.15, -0.1) is 0 Å². The number of rotatable bonds is 5. The number of aliphatic imine (C=N–C) groups is 1. The summed E-state index contributed by atoms with van der Waals surface area (Å²) in [5.41, 5.74) is 2.30. The van der Waals surface area contributed by atoms with Gasteiger partial charge in [-0.1, -0.05) is 66.8 Å². The van der Waals surface area contributed by atoms with E-state index in [1.54, 1.807) is 0 Å². The molecule has 0 aromatic heterocycles. The van der Waals surface area contributed by atoms with Gasteiger partial charge in [-0.2, -0.15) is 0 Å². The lowest BCUT2D eigenvalue weighted by Crippen LogP contribution is -1.77. The highest BCUT2D eigenvalue weighted by atomic mass is 14.7. The van der Waals surface area contributed by atoms with Crippen LogP contribution in [-0.4, -0.2) is 6.21 Å². The lowest BCUT2D eigenvalue weighted by molar-refractivity contribution is 1.27. The van der Waals surface area contributed by atoms with Crippen molar-refractivity contribution >= 4 is 11.9 Å². The molecule has 2 rings (SSSR count). The van der Waals surface area contributed by atoms with Crippen molar-refractivity contribution in [3.63, 3.8) is 0 Å². The maximum atomic E-state index is 4.32. The molecular weight excluding hydrogens is 230 g/mol. The molecule has 0 saturated carbocycles. The topological polar surface area (TPSA) is 12.4 Å². The third-order valence-corrected chi connectivity index (χ3v) is 2.62. The highest BCUT2D eigenvalue weighted by Gasteiger charge is 1.84. The highest BCUT2D eigenvalue weighted by Crippen LogP contribution is 2.08. The zero-order valence-electron chi connectivity index (χ0n) is 10.8. The zero-order valence-corrected chi connectivity index (χ0v) is 10.8. The first kappa shape index (κ1) is 13.0. The first-order valence-electron chi connectivity index (χ1n) is 6.40. The largest absolute Gasteiger partial charge is 0.257 e. The first-order chi connectivity index (χ1) is 9.45. The van der Waals surface area contributed by atoms with Crippen LogP contribution >= 0.6 is 0 Å². The number of hydrogen-bond donors (Lipinski definition) is 0. The average Bonchev–Trinajstić information content (AvgIpc) is 2.48. The molecule has 0 radical (unpaired) electrons. The molecule has 1 nitrogen and oxygen atoms in total. The molecule has 1 heteroatoms. The van der Waals surface area contributed by atoms with Gasteiger partial charge in [-0.25, -0.2) is 0 Å². The van der Waals surface area contributed by atoms with Gasteiger partial charge in [0.1, 0.15) is 0 Å². The lowest BCUT2D eigenvalue weighted by atomic mass is 10.1. The van der Waals surface area contributed by atoms with E-state index in [2.05, 4.69) is 35.3 Å². The van der Waals surface area contributed by atoms with Crippen LogP contribution in [0.15, 0.2) is 90.0 Å². The summed E-state index contributed by atoms with van der Waals surface area (Å²) in [6.45, 7) is 0. The summed E-state index contributed by atoms with van der Waals surface area (Å²) < 4.78 is 0. The van der Waals surface area contributed by atoms with Crippen molar-refractivity contribution < 1.29 is 0 Å². The van der Waals surface area contributed by atoms with Crippen molar-refractivity contribution in [3.05, 3.63) is 90.5 Å². The van der Waals surface area contributed by atoms with E-state index in [9.17, 15) is 0 Å². The van der Waals surface area contributed by atoms with Gasteiger partial charge in [0.15, 0.2) is 0 Å². The SMILES string of the molecule is C(/C=C/C=C/Cc1ccccc1)=Nc1ccccc1. The Bertz CT molecular complexity index is 551. The number of nitrogens with zero attached hydrogens (tertiary/aromatic N) is 1. The Morgan fingerprint density at radius 1 is 0.737 bits per heavy atom. The number of benzene rings is 2. The van der Waals surface area contributed by atoms with Crippen LogP contribution in [0.1, 0.15) is 5.56 Å². The highest BCUT2D eigenvalue weighted by molar-refractivity contribution is 5.74. The van der Waals surface area contributed by atoms with Gasteiger partial charge >= 0.3 is 0 Å². The van der Waals surface area contributed by atoms with Gasteiger partial charge in [0.2, 0.25) is 0 Å². The van der Waals surface area contributed by atoms with Crippen molar-refractivity contribution in [2.24, 2.45) is 4.99 Å². The Labute approximate surface area is 114 Å².